The maximum atomic E-state index is 12.6. The van der Waals surface area contributed by atoms with Crippen molar-refractivity contribution in [2.24, 2.45) is 17.8 Å². The van der Waals surface area contributed by atoms with Gasteiger partial charge in [0.05, 0.1) is 5.92 Å². The SMILES string of the molecule is CC(C)N(C)C(=O)[C@H]1CCCN(C(=S)N[C@H]2C[C@H]3CC[C@H]2C3)C1. The molecule has 1 saturated heterocycles. The van der Waals surface area contributed by atoms with Gasteiger partial charge in [0.2, 0.25) is 5.91 Å². The van der Waals surface area contributed by atoms with Gasteiger partial charge in [-0.3, -0.25) is 4.79 Å². The Kier molecular flexibility index (Phi) is 5.14. The minimum Gasteiger partial charge on any atom is -0.360 e. The Labute approximate surface area is 146 Å². The molecular formula is C18H31N3OS. The van der Waals surface area contributed by atoms with Gasteiger partial charge in [-0.2, -0.15) is 0 Å². The van der Waals surface area contributed by atoms with Crippen molar-refractivity contribution in [2.45, 2.75) is 64.5 Å². The van der Waals surface area contributed by atoms with E-state index in [9.17, 15) is 4.79 Å². The van der Waals surface area contributed by atoms with Crippen LogP contribution < -0.4 is 5.32 Å². The molecule has 1 amide bonds. The van der Waals surface area contributed by atoms with Crippen molar-refractivity contribution >= 4 is 23.2 Å². The monoisotopic (exact) mass is 337 g/mol. The summed E-state index contributed by atoms with van der Waals surface area (Å²) in [6, 6.07) is 0.840. The van der Waals surface area contributed by atoms with E-state index >= 15 is 0 Å². The van der Waals surface area contributed by atoms with Gasteiger partial charge in [0, 0.05) is 32.2 Å². The number of carbonyl (C=O) groups is 1. The van der Waals surface area contributed by atoms with Gasteiger partial charge in [-0.25, -0.2) is 0 Å². The fourth-order valence-corrected chi connectivity index (χ4v) is 4.89. The third-order valence-corrected chi connectivity index (χ3v) is 6.60. The van der Waals surface area contributed by atoms with Gasteiger partial charge in [0.25, 0.3) is 0 Å². The number of hydrogen-bond donors (Lipinski definition) is 1. The van der Waals surface area contributed by atoms with Crippen molar-refractivity contribution in [3.63, 3.8) is 0 Å². The topological polar surface area (TPSA) is 35.6 Å². The van der Waals surface area contributed by atoms with Crippen LogP contribution in [0.2, 0.25) is 0 Å². The highest BCUT2D eigenvalue weighted by Crippen LogP contribution is 2.44. The van der Waals surface area contributed by atoms with E-state index in [1.54, 1.807) is 0 Å². The van der Waals surface area contributed by atoms with Gasteiger partial charge in [0.1, 0.15) is 0 Å². The molecule has 0 aromatic heterocycles. The third-order valence-electron chi connectivity index (χ3n) is 6.23. The van der Waals surface area contributed by atoms with E-state index in [0.29, 0.717) is 6.04 Å². The molecule has 0 unspecified atom stereocenters. The lowest BCUT2D eigenvalue weighted by Crippen LogP contribution is -2.52. The van der Waals surface area contributed by atoms with Gasteiger partial charge >= 0.3 is 0 Å². The summed E-state index contributed by atoms with van der Waals surface area (Å²) in [5, 5.41) is 4.51. The van der Waals surface area contributed by atoms with E-state index < -0.39 is 0 Å². The number of amides is 1. The first kappa shape index (κ1) is 17.0. The molecule has 1 aliphatic heterocycles. The summed E-state index contributed by atoms with van der Waals surface area (Å²) in [7, 11) is 1.91. The standard InChI is InChI=1S/C18H31N3OS/c1-12(2)20(3)17(22)15-5-4-8-21(11-15)18(23)19-16-10-13-6-7-14(16)9-13/h12-16H,4-11H2,1-3H3,(H,19,23)/t13-,14-,15-,16-/m0/s1. The molecule has 23 heavy (non-hydrogen) atoms. The first-order valence-corrected chi connectivity index (χ1v) is 9.68. The van der Waals surface area contributed by atoms with Gasteiger partial charge in [0.15, 0.2) is 5.11 Å². The second-order valence-corrected chi connectivity index (χ2v) is 8.45. The number of nitrogens with zero attached hydrogens (tertiary/aromatic N) is 2. The molecule has 2 aliphatic carbocycles. The van der Waals surface area contributed by atoms with Crippen molar-refractivity contribution in [3.8, 4) is 0 Å². The molecule has 2 saturated carbocycles. The van der Waals surface area contributed by atoms with E-state index in [1.165, 1.54) is 25.7 Å². The molecule has 1 N–H and O–H groups in total. The number of piperidine rings is 1. The molecule has 3 rings (SSSR count). The van der Waals surface area contributed by atoms with Crippen LogP contribution in [-0.2, 0) is 4.79 Å². The zero-order valence-corrected chi connectivity index (χ0v) is 15.6. The molecule has 4 nitrogen and oxygen atoms in total. The molecule has 130 valence electrons. The Balaban J connectivity index is 1.53. The van der Waals surface area contributed by atoms with Crippen LogP contribution in [0.5, 0.6) is 0 Å². The molecule has 4 atom stereocenters. The number of hydrogen-bond acceptors (Lipinski definition) is 2. The Morgan fingerprint density at radius 2 is 2.04 bits per heavy atom. The number of likely N-dealkylation sites (tertiary alicyclic amines) is 1. The summed E-state index contributed by atoms with van der Waals surface area (Å²) >= 11 is 5.67. The largest absolute Gasteiger partial charge is 0.360 e. The van der Waals surface area contributed by atoms with Gasteiger partial charge < -0.3 is 15.1 Å². The predicted octanol–water partition coefficient (Wildman–Crippen LogP) is 2.63. The van der Waals surface area contributed by atoms with E-state index in [0.717, 1.165) is 42.9 Å². The Morgan fingerprint density at radius 1 is 1.26 bits per heavy atom. The molecule has 5 heteroatoms. The lowest BCUT2D eigenvalue weighted by molar-refractivity contribution is -0.137. The van der Waals surface area contributed by atoms with Crippen LogP contribution in [0.15, 0.2) is 0 Å². The van der Waals surface area contributed by atoms with Gasteiger partial charge in [-0.1, -0.05) is 6.42 Å². The van der Waals surface area contributed by atoms with Crippen LogP contribution in [0.3, 0.4) is 0 Å². The molecule has 0 aromatic carbocycles. The van der Waals surface area contributed by atoms with Crippen LogP contribution in [-0.4, -0.2) is 53.0 Å². The van der Waals surface area contributed by atoms with Crippen LogP contribution in [0.1, 0.15) is 52.4 Å². The number of thiocarbonyl (C=S) groups is 1. The van der Waals surface area contributed by atoms with Crippen molar-refractivity contribution in [2.75, 3.05) is 20.1 Å². The van der Waals surface area contributed by atoms with Crippen LogP contribution in [0.25, 0.3) is 0 Å². The molecule has 1 heterocycles. The number of rotatable bonds is 3. The second-order valence-electron chi connectivity index (χ2n) is 8.06. The Morgan fingerprint density at radius 3 is 2.65 bits per heavy atom. The quantitative estimate of drug-likeness (QED) is 0.803. The molecule has 0 spiro atoms. The van der Waals surface area contributed by atoms with Crippen molar-refractivity contribution in [1.82, 2.24) is 15.1 Å². The maximum Gasteiger partial charge on any atom is 0.227 e. The summed E-state index contributed by atoms with van der Waals surface area (Å²) in [4.78, 5) is 16.7. The van der Waals surface area contributed by atoms with Crippen LogP contribution >= 0.6 is 12.2 Å². The molecule has 0 radical (unpaired) electrons. The summed E-state index contributed by atoms with van der Waals surface area (Å²) in [5.74, 6) is 2.12. The zero-order valence-electron chi connectivity index (χ0n) is 14.8. The van der Waals surface area contributed by atoms with E-state index in [2.05, 4.69) is 24.1 Å². The molecule has 0 aromatic rings. The third kappa shape index (κ3) is 3.65. The predicted molar refractivity (Wildman–Crippen MR) is 97.2 cm³/mol. The van der Waals surface area contributed by atoms with E-state index in [1.807, 2.05) is 11.9 Å². The highest BCUT2D eigenvalue weighted by molar-refractivity contribution is 7.80. The lowest BCUT2D eigenvalue weighted by atomic mass is 9.95. The first-order chi connectivity index (χ1) is 11.0. The highest BCUT2D eigenvalue weighted by Gasteiger charge is 2.40. The summed E-state index contributed by atoms with van der Waals surface area (Å²) in [6.07, 6.45) is 7.50. The fraction of sp³-hybridized carbons (Fsp3) is 0.889. The Hall–Kier alpha value is -0.840. The summed E-state index contributed by atoms with van der Waals surface area (Å²) in [6.45, 7) is 5.91. The molecule has 2 bridgehead atoms. The number of fused-ring (bicyclic) bond motifs is 2. The van der Waals surface area contributed by atoms with Crippen LogP contribution in [0, 0.1) is 17.8 Å². The minimum atomic E-state index is 0.0935. The van der Waals surface area contributed by atoms with Crippen molar-refractivity contribution in [1.29, 1.82) is 0 Å². The molecule has 3 aliphatic rings. The number of carbonyl (C=O) groups excluding carboxylic acids is 1. The number of nitrogens with one attached hydrogen (secondary N) is 1. The zero-order chi connectivity index (χ0) is 16.6. The van der Waals surface area contributed by atoms with Gasteiger partial charge in [-0.15, -0.1) is 0 Å². The maximum absolute atomic E-state index is 12.6. The van der Waals surface area contributed by atoms with Crippen molar-refractivity contribution < 1.29 is 4.79 Å². The molecule has 3 fully saturated rings. The smallest absolute Gasteiger partial charge is 0.227 e. The first-order valence-electron chi connectivity index (χ1n) is 9.27. The molecular weight excluding hydrogens is 306 g/mol. The highest BCUT2D eigenvalue weighted by atomic mass is 32.1. The Bertz CT molecular complexity index is 467. The normalized spacial score (nSPS) is 33.1. The van der Waals surface area contributed by atoms with E-state index in [4.69, 9.17) is 12.2 Å². The minimum absolute atomic E-state index is 0.0935. The second kappa shape index (κ2) is 6.96. The van der Waals surface area contributed by atoms with Gasteiger partial charge in [-0.05, 0) is 70.0 Å². The average Bonchev–Trinajstić information content (AvgIpc) is 3.16. The lowest BCUT2D eigenvalue weighted by Gasteiger charge is -2.37. The average molecular weight is 338 g/mol. The summed E-state index contributed by atoms with van der Waals surface area (Å²) < 4.78 is 0. The van der Waals surface area contributed by atoms with Crippen molar-refractivity contribution in [3.05, 3.63) is 0 Å². The summed E-state index contributed by atoms with van der Waals surface area (Å²) in [5.41, 5.74) is 0. The fourth-order valence-electron chi connectivity index (χ4n) is 4.58. The van der Waals surface area contributed by atoms with Crippen LogP contribution in [0.4, 0.5) is 0 Å². The van der Waals surface area contributed by atoms with E-state index in [-0.39, 0.29) is 17.9 Å².